The Balaban J connectivity index is 1.86. The standard InChI is InChI=1S/C11H12ClN5O2/c1-2-17-15-11(14-16-17)13-10(18)7-19-9-6-4-3-5-8(9)12/h3-6H,2,7H2,1H3,(H,13,15,18). The molecule has 1 N–H and O–H groups in total. The van der Waals surface area contributed by atoms with Crippen LogP contribution in [0.15, 0.2) is 24.3 Å². The Morgan fingerprint density at radius 3 is 2.95 bits per heavy atom. The van der Waals surface area contributed by atoms with E-state index in [1.165, 1.54) is 4.80 Å². The number of carbonyl (C=O) groups excluding carboxylic acids is 1. The van der Waals surface area contributed by atoms with E-state index < -0.39 is 0 Å². The van der Waals surface area contributed by atoms with Crippen LogP contribution in [0.1, 0.15) is 6.92 Å². The molecular weight excluding hydrogens is 270 g/mol. The third-order valence-corrected chi connectivity index (χ3v) is 2.49. The summed E-state index contributed by atoms with van der Waals surface area (Å²) in [7, 11) is 0. The summed E-state index contributed by atoms with van der Waals surface area (Å²) in [5.74, 6) is 0.217. The van der Waals surface area contributed by atoms with Gasteiger partial charge in [0.05, 0.1) is 11.6 Å². The van der Waals surface area contributed by atoms with Crippen molar-refractivity contribution in [3.63, 3.8) is 0 Å². The van der Waals surface area contributed by atoms with Crippen molar-refractivity contribution in [3.8, 4) is 5.75 Å². The number of amides is 1. The number of para-hydroxylation sites is 1. The van der Waals surface area contributed by atoms with Crippen molar-refractivity contribution in [1.82, 2.24) is 20.2 Å². The average Bonchev–Trinajstić information content (AvgIpc) is 2.85. The van der Waals surface area contributed by atoms with Crippen LogP contribution in [0.5, 0.6) is 5.75 Å². The Bertz CT molecular complexity index is 572. The van der Waals surface area contributed by atoms with Gasteiger partial charge >= 0.3 is 0 Å². The molecule has 0 unspecified atom stereocenters. The summed E-state index contributed by atoms with van der Waals surface area (Å²) in [6.45, 7) is 2.27. The largest absolute Gasteiger partial charge is 0.482 e. The van der Waals surface area contributed by atoms with Crippen molar-refractivity contribution in [3.05, 3.63) is 29.3 Å². The van der Waals surface area contributed by atoms with Crippen LogP contribution in [0.2, 0.25) is 5.02 Å². The highest BCUT2D eigenvalue weighted by Crippen LogP contribution is 2.22. The minimum atomic E-state index is -0.379. The summed E-state index contributed by atoms with van der Waals surface area (Å²) in [6.07, 6.45) is 0. The van der Waals surface area contributed by atoms with Crippen LogP contribution in [-0.2, 0) is 11.3 Å². The summed E-state index contributed by atoms with van der Waals surface area (Å²) < 4.78 is 5.28. The number of nitrogens with zero attached hydrogens (tertiary/aromatic N) is 4. The van der Waals surface area contributed by atoms with E-state index in [1.54, 1.807) is 24.3 Å². The molecule has 0 atom stereocenters. The average molecular weight is 282 g/mol. The number of benzene rings is 1. The molecule has 0 radical (unpaired) electrons. The van der Waals surface area contributed by atoms with E-state index in [1.807, 2.05) is 6.92 Å². The van der Waals surface area contributed by atoms with E-state index in [2.05, 4.69) is 20.7 Å². The smallest absolute Gasteiger partial charge is 0.270 e. The minimum absolute atomic E-state index is 0.148. The van der Waals surface area contributed by atoms with Gasteiger partial charge < -0.3 is 4.74 Å². The van der Waals surface area contributed by atoms with Gasteiger partial charge in [0.2, 0.25) is 0 Å². The Morgan fingerprint density at radius 1 is 1.47 bits per heavy atom. The van der Waals surface area contributed by atoms with Gasteiger partial charge in [0.25, 0.3) is 11.9 Å². The predicted octanol–water partition coefficient (Wildman–Crippen LogP) is 1.36. The number of tetrazole rings is 1. The third-order valence-electron chi connectivity index (χ3n) is 2.18. The molecule has 1 aromatic heterocycles. The first kappa shape index (κ1) is 13.3. The van der Waals surface area contributed by atoms with Crippen molar-refractivity contribution in [2.24, 2.45) is 0 Å². The Kier molecular flexibility index (Phi) is 4.30. The van der Waals surface area contributed by atoms with Gasteiger partial charge in [0.15, 0.2) is 6.61 Å². The maximum absolute atomic E-state index is 11.6. The summed E-state index contributed by atoms with van der Waals surface area (Å²) in [5, 5.41) is 14.2. The minimum Gasteiger partial charge on any atom is -0.482 e. The van der Waals surface area contributed by atoms with Gasteiger partial charge in [-0.25, -0.2) is 0 Å². The molecule has 0 saturated carbocycles. The van der Waals surface area contributed by atoms with E-state index in [0.29, 0.717) is 17.3 Å². The first-order valence-corrected chi connectivity index (χ1v) is 6.02. The van der Waals surface area contributed by atoms with E-state index in [-0.39, 0.29) is 18.5 Å². The Hall–Kier alpha value is -2.15. The van der Waals surface area contributed by atoms with Gasteiger partial charge in [-0.05, 0) is 24.3 Å². The molecule has 0 bridgehead atoms. The fourth-order valence-electron chi connectivity index (χ4n) is 1.29. The van der Waals surface area contributed by atoms with Gasteiger partial charge in [-0.1, -0.05) is 28.8 Å². The van der Waals surface area contributed by atoms with Crippen LogP contribution in [0.4, 0.5) is 5.95 Å². The first-order chi connectivity index (χ1) is 9.19. The van der Waals surface area contributed by atoms with E-state index in [0.717, 1.165) is 0 Å². The normalized spacial score (nSPS) is 10.2. The van der Waals surface area contributed by atoms with Gasteiger partial charge in [-0.2, -0.15) is 4.80 Å². The summed E-state index contributed by atoms with van der Waals surface area (Å²) in [6, 6.07) is 6.92. The molecule has 1 amide bonds. The zero-order chi connectivity index (χ0) is 13.7. The predicted molar refractivity (Wildman–Crippen MR) is 69.1 cm³/mol. The fraction of sp³-hybridized carbons (Fsp3) is 0.273. The second kappa shape index (κ2) is 6.14. The molecule has 8 heteroatoms. The van der Waals surface area contributed by atoms with Crippen LogP contribution in [-0.4, -0.2) is 32.7 Å². The molecule has 0 aliphatic carbocycles. The van der Waals surface area contributed by atoms with Gasteiger partial charge in [-0.15, -0.1) is 5.10 Å². The lowest BCUT2D eigenvalue weighted by Gasteiger charge is -2.06. The fourth-order valence-corrected chi connectivity index (χ4v) is 1.48. The number of carbonyl (C=O) groups is 1. The number of ether oxygens (including phenoxy) is 1. The molecule has 0 fully saturated rings. The topological polar surface area (TPSA) is 81.9 Å². The monoisotopic (exact) mass is 281 g/mol. The van der Waals surface area contributed by atoms with Crippen molar-refractivity contribution in [2.75, 3.05) is 11.9 Å². The summed E-state index contributed by atoms with van der Waals surface area (Å²) in [4.78, 5) is 13.0. The Labute approximate surface area is 114 Å². The van der Waals surface area contributed by atoms with Crippen LogP contribution in [0, 0.1) is 0 Å². The second-order valence-electron chi connectivity index (χ2n) is 3.57. The molecule has 7 nitrogen and oxygen atoms in total. The maximum atomic E-state index is 11.6. The highest BCUT2D eigenvalue weighted by atomic mass is 35.5. The number of nitrogens with one attached hydrogen (secondary N) is 1. The SMILES string of the molecule is CCn1nnc(NC(=O)COc2ccccc2Cl)n1. The molecule has 19 heavy (non-hydrogen) atoms. The number of hydrogen-bond donors (Lipinski definition) is 1. The molecule has 0 aliphatic heterocycles. The first-order valence-electron chi connectivity index (χ1n) is 5.64. The molecule has 1 aromatic carbocycles. The van der Waals surface area contributed by atoms with E-state index in [4.69, 9.17) is 16.3 Å². The number of halogens is 1. The molecule has 1 heterocycles. The number of aryl methyl sites for hydroxylation is 1. The molecule has 2 aromatic rings. The van der Waals surface area contributed by atoms with Crippen molar-refractivity contribution in [1.29, 1.82) is 0 Å². The highest BCUT2D eigenvalue weighted by Gasteiger charge is 2.09. The highest BCUT2D eigenvalue weighted by molar-refractivity contribution is 6.32. The number of hydrogen-bond acceptors (Lipinski definition) is 5. The van der Waals surface area contributed by atoms with Gasteiger partial charge in [-0.3, -0.25) is 10.1 Å². The second-order valence-corrected chi connectivity index (χ2v) is 3.98. The van der Waals surface area contributed by atoms with Crippen LogP contribution >= 0.6 is 11.6 Å². The zero-order valence-corrected chi connectivity index (χ0v) is 11.0. The zero-order valence-electron chi connectivity index (χ0n) is 10.2. The molecule has 0 saturated heterocycles. The molecule has 0 spiro atoms. The van der Waals surface area contributed by atoms with E-state index in [9.17, 15) is 4.79 Å². The summed E-state index contributed by atoms with van der Waals surface area (Å²) >= 11 is 5.90. The lowest BCUT2D eigenvalue weighted by molar-refractivity contribution is -0.118. The van der Waals surface area contributed by atoms with Crippen molar-refractivity contribution < 1.29 is 9.53 Å². The Morgan fingerprint density at radius 2 is 2.26 bits per heavy atom. The van der Waals surface area contributed by atoms with Crippen LogP contribution in [0.3, 0.4) is 0 Å². The molecule has 0 aliphatic rings. The number of rotatable bonds is 5. The lowest BCUT2D eigenvalue weighted by Crippen LogP contribution is -2.21. The van der Waals surface area contributed by atoms with Crippen molar-refractivity contribution in [2.45, 2.75) is 13.5 Å². The number of anilines is 1. The molecule has 100 valence electrons. The summed E-state index contributed by atoms with van der Waals surface area (Å²) in [5.41, 5.74) is 0. The maximum Gasteiger partial charge on any atom is 0.270 e. The molecule has 2 rings (SSSR count). The quantitative estimate of drug-likeness (QED) is 0.895. The van der Waals surface area contributed by atoms with E-state index >= 15 is 0 Å². The van der Waals surface area contributed by atoms with Crippen LogP contribution < -0.4 is 10.1 Å². The van der Waals surface area contributed by atoms with Crippen molar-refractivity contribution >= 4 is 23.5 Å². The third kappa shape index (κ3) is 3.65. The van der Waals surface area contributed by atoms with Crippen LogP contribution in [0.25, 0.3) is 0 Å². The van der Waals surface area contributed by atoms with Gasteiger partial charge in [0.1, 0.15) is 5.75 Å². The van der Waals surface area contributed by atoms with Gasteiger partial charge in [0, 0.05) is 0 Å². The molecular formula is C11H12ClN5O2. The lowest BCUT2D eigenvalue weighted by atomic mass is 10.3. The number of aromatic nitrogens is 4.